The molecule has 4 rings (SSSR count). The number of rotatable bonds is 7. The summed E-state index contributed by atoms with van der Waals surface area (Å²) in [6.45, 7) is 4.24. The van der Waals surface area contributed by atoms with Gasteiger partial charge in [-0.3, -0.25) is 9.17 Å². The van der Waals surface area contributed by atoms with E-state index in [9.17, 15) is 8.42 Å². The normalized spacial score (nSPS) is 15.4. The lowest BCUT2D eigenvalue weighted by molar-refractivity contribution is 0.264. The number of aryl methyl sites for hydroxylation is 1. The van der Waals surface area contributed by atoms with E-state index < -0.39 is 10.1 Å². The monoisotopic (exact) mass is 440 g/mol. The molecule has 7 nitrogen and oxygen atoms in total. The lowest BCUT2D eigenvalue weighted by atomic mass is 9.93. The molecule has 0 radical (unpaired) electrons. The lowest BCUT2D eigenvalue weighted by Crippen LogP contribution is -2.34. The summed E-state index contributed by atoms with van der Waals surface area (Å²) in [5.74, 6) is 1.31. The van der Waals surface area contributed by atoms with Gasteiger partial charge in [-0.05, 0) is 61.3 Å². The smallest absolute Gasteiger partial charge is 0.264 e. The number of nitrogens with one attached hydrogen (secondary N) is 1. The number of nitrogens with zero attached hydrogens (tertiary/aromatic N) is 3. The van der Waals surface area contributed by atoms with Crippen LogP contribution in [0.1, 0.15) is 24.8 Å². The van der Waals surface area contributed by atoms with Gasteiger partial charge in [0.15, 0.2) is 0 Å². The van der Waals surface area contributed by atoms with Gasteiger partial charge in [0.2, 0.25) is 0 Å². The van der Waals surface area contributed by atoms with Crippen LogP contribution in [0.3, 0.4) is 0 Å². The number of anilines is 3. The maximum atomic E-state index is 11.1. The van der Waals surface area contributed by atoms with Crippen LogP contribution in [-0.4, -0.2) is 44.3 Å². The molecule has 0 atom stereocenters. The average molecular weight is 441 g/mol. The third-order valence-electron chi connectivity index (χ3n) is 5.77. The van der Waals surface area contributed by atoms with E-state index in [0.29, 0.717) is 5.92 Å². The standard InChI is InChI=1S/C23H28N4O3S/c1-17-15-25-23(26-21-4-3-20-16-24-9-5-19(20)13-21)14-22(17)27-10-6-18(7-11-27)8-12-30-31(2,28)29/h3-5,9,13-16,18H,6-8,10-12H2,1-2H3,(H,25,26). The summed E-state index contributed by atoms with van der Waals surface area (Å²) in [7, 11) is -3.35. The Bertz CT molecular complexity index is 1160. The van der Waals surface area contributed by atoms with Gasteiger partial charge in [0, 0.05) is 54.5 Å². The maximum absolute atomic E-state index is 11.1. The molecule has 0 spiro atoms. The van der Waals surface area contributed by atoms with Crippen molar-refractivity contribution in [3.8, 4) is 0 Å². The molecule has 0 unspecified atom stereocenters. The van der Waals surface area contributed by atoms with Gasteiger partial charge in [0.1, 0.15) is 5.82 Å². The summed E-state index contributed by atoms with van der Waals surface area (Å²) in [6, 6.07) is 10.3. The van der Waals surface area contributed by atoms with Gasteiger partial charge in [-0.15, -0.1) is 0 Å². The molecule has 8 heteroatoms. The first-order valence-electron chi connectivity index (χ1n) is 10.5. The van der Waals surface area contributed by atoms with Crippen molar-refractivity contribution in [2.75, 3.05) is 36.2 Å². The first kappa shape index (κ1) is 21.5. The van der Waals surface area contributed by atoms with Crippen LogP contribution in [0, 0.1) is 12.8 Å². The van der Waals surface area contributed by atoms with Crippen LogP contribution in [0.2, 0.25) is 0 Å². The van der Waals surface area contributed by atoms with Gasteiger partial charge in [-0.25, -0.2) is 4.98 Å². The summed E-state index contributed by atoms with van der Waals surface area (Å²) in [5, 5.41) is 5.66. The Morgan fingerprint density at radius 1 is 1.13 bits per heavy atom. The van der Waals surface area contributed by atoms with Crippen molar-refractivity contribution in [1.29, 1.82) is 0 Å². The van der Waals surface area contributed by atoms with Crippen molar-refractivity contribution in [1.82, 2.24) is 9.97 Å². The molecule has 1 aromatic carbocycles. The van der Waals surface area contributed by atoms with E-state index >= 15 is 0 Å². The molecule has 1 saturated heterocycles. The zero-order valence-electron chi connectivity index (χ0n) is 17.9. The number of pyridine rings is 2. The number of fused-ring (bicyclic) bond motifs is 1. The van der Waals surface area contributed by atoms with Crippen molar-refractivity contribution in [3.05, 3.63) is 54.5 Å². The van der Waals surface area contributed by atoms with Gasteiger partial charge >= 0.3 is 0 Å². The second-order valence-corrected chi connectivity index (χ2v) is 9.81. The van der Waals surface area contributed by atoms with Gasteiger partial charge in [-0.1, -0.05) is 6.07 Å². The van der Waals surface area contributed by atoms with Gasteiger partial charge < -0.3 is 10.2 Å². The number of benzene rings is 1. The van der Waals surface area contributed by atoms with E-state index in [4.69, 9.17) is 4.18 Å². The molecule has 3 aromatic rings. The highest BCUT2D eigenvalue weighted by Crippen LogP contribution is 2.30. The van der Waals surface area contributed by atoms with Crippen molar-refractivity contribution in [2.45, 2.75) is 26.2 Å². The molecule has 1 aliphatic rings. The topological polar surface area (TPSA) is 84.4 Å². The van der Waals surface area contributed by atoms with E-state index in [0.717, 1.165) is 66.4 Å². The van der Waals surface area contributed by atoms with E-state index in [1.54, 1.807) is 6.20 Å². The minimum atomic E-state index is -3.35. The summed E-state index contributed by atoms with van der Waals surface area (Å²) in [5.41, 5.74) is 3.33. The van der Waals surface area contributed by atoms with Gasteiger partial charge in [-0.2, -0.15) is 8.42 Å². The van der Waals surface area contributed by atoms with Crippen molar-refractivity contribution < 1.29 is 12.6 Å². The third-order valence-corrected chi connectivity index (χ3v) is 6.36. The quantitative estimate of drug-likeness (QED) is 0.549. The first-order chi connectivity index (χ1) is 14.9. The minimum absolute atomic E-state index is 0.272. The highest BCUT2D eigenvalue weighted by molar-refractivity contribution is 7.85. The molecule has 2 aromatic heterocycles. The van der Waals surface area contributed by atoms with Crippen molar-refractivity contribution >= 4 is 38.1 Å². The summed E-state index contributed by atoms with van der Waals surface area (Å²) in [6.07, 6.45) is 9.49. The van der Waals surface area contributed by atoms with Crippen LogP contribution in [0.5, 0.6) is 0 Å². The Morgan fingerprint density at radius 2 is 1.94 bits per heavy atom. The third kappa shape index (κ3) is 5.71. The average Bonchev–Trinajstić information content (AvgIpc) is 2.75. The Morgan fingerprint density at radius 3 is 2.71 bits per heavy atom. The molecule has 1 fully saturated rings. The molecule has 31 heavy (non-hydrogen) atoms. The summed E-state index contributed by atoms with van der Waals surface area (Å²) >= 11 is 0. The van der Waals surface area contributed by atoms with Crippen LogP contribution < -0.4 is 10.2 Å². The molecule has 1 aliphatic heterocycles. The van der Waals surface area contributed by atoms with E-state index in [-0.39, 0.29) is 6.61 Å². The molecule has 0 bridgehead atoms. The molecule has 164 valence electrons. The Balaban J connectivity index is 1.40. The molecule has 0 amide bonds. The van der Waals surface area contributed by atoms with Crippen LogP contribution in [-0.2, 0) is 14.3 Å². The molecule has 1 N–H and O–H groups in total. The fourth-order valence-corrected chi connectivity index (χ4v) is 4.46. The molecular weight excluding hydrogens is 412 g/mol. The molecule has 0 aliphatic carbocycles. The lowest BCUT2D eigenvalue weighted by Gasteiger charge is -2.34. The highest BCUT2D eigenvalue weighted by atomic mass is 32.2. The second kappa shape index (κ2) is 9.20. The zero-order chi connectivity index (χ0) is 21.8. The number of hydrogen-bond donors (Lipinski definition) is 1. The number of piperidine rings is 1. The van der Waals surface area contributed by atoms with Crippen molar-refractivity contribution in [3.63, 3.8) is 0 Å². The number of aromatic nitrogens is 2. The highest BCUT2D eigenvalue weighted by Gasteiger charge is 2.21. The van der Waals surface area contributed by atoms with Crippen LogP contribution in [0.15, 0.2) is 48.9 Å². The summed E-state index contributed by atoms with van der Waals surface area (Å²) in [4.78, 5) is 11.1. The fraction of sp³-hybridized carbons (Fsp3) is 0.391. The zero-order valence-corrected chi connectivity index (χ0v) is 18.7. The summed E-state index contributed by atoms with van der Waals surface area (Å²) < 4.78 is 27.2. The largest absolute Gasteiger partial charge is 0.371 e. The predicted molar refractivity (Wildman–Crippen MR) is 124 cm³/mol. The van der Waals surface area contributed by atoms with E-state index in [1.165, 1.54) is 5.69 Å². The minimum Gasteiger partial charge on any atom is -0.371 e. The maximum Gasteiger partial charge on any atom is 0.264 e. The molecule has 3 heterocycles. The Labute approximate surface area is 183 Å². The molecule has 0 saturated carbocycles. The van der Waals surface area contributed by atoms with Gasteiger partial charge in [0.25, 0.3) is 10.1 Å². The molecular formula is C23H28N4O3S. The Hall–Kier alpha value is -2.71. The van der Waals surface area contributed by atoms with Crippen LogP contribution in [0.25, 0.3) is 10.8 Å². The predicted octanol–water partition coefficient (Wildman–Crippen LogP) is 4.26. The fourth-order valence-electron chi connectivity index (χ4n) is 4.06. The first-order valence-corrected chi connectivity index (χ1v) is 12.4. The van der Waals surface area contributed by atoms with Crippen LogP contribution in [0.4, 0.5) is 17.2 Å². The van der Waals surface area contributed by atoms with Crippen LogP contribution >= 0.6 is 0 Å². The van der Waals surface area contributed by atoms with E-state index in [1.807, 2.05) is 24.5 Å². The van der Waals surface area contributed by atoms with Gasteiger partial charge in [0.05, 0.1) is 12.9 Å². The Kier molecular flexibility index (Phi) is 6.38. The second-order valence-electron chi connectivity index (χ2n) is 8.16. The SMILES string of the molecule is Cc1cnc(Nc2ccc3cnccc3c2)cc1N1CCC(CCOS(C)(=O)=O)CC1. The van der Waals surface area contributed by atoms with Crippen molar-refractivity contribution in [2.24, 2.45) is 5.92 Å². The van der Waals surface area contributed by atoms with E-state index in [2.05, 4.69) is 45.3 Å². The number of hydrogen-bond acceptors (Lipinski definition) is 7.